The van der Waals surface area contributed by atoms with Crippen LogP contribution in [0.2, 0.25) is 0 Å². The lowest BCUT2D eigenvalue weighted by atomic mass is 9.91. The number of alkyl halides is 15. The molecule has 1 rings (SSSR count). The maximum absolute atomic E-state index is 13.6. The number of hydrogen-bond donors (Lipinski definition) is 1. The smallest absolute Gasteiger partial charge is 0.321 e. The number of benzene rings is 1. The number of carbonyl (C=O) groups excluding carboxylic acids is 1. The fourth-order valence-electron chi connectivity index (χ4n) is 1.85. The van der Waals surface area contributed by atoms with Gasteiger partial charge in [0.1, 0.15) is 5.82 Å². The molecule has 1 aromatic rings. The fraction of sp³-hybridized carbons (Fsp3) is 0.500. The normalized spacial score (nSPS) is 15.0. The highest BCUT2D eigenvalue weighted by Crippen LogP contribution is 2.62. The minimum atomic E-state index is -8.33. The zero-order chi connectivity index (χ0) is 25.8. The van der Waals surface area contributed by atoms with Gasteiger partial charge in [0.2, 0.25) is 0 Å². The first-order valence-corrected chi connectivity index (χ1v) is 7.68. The van der Waals surface area contributed by atoms with E-state index in [1.807, 2.05) is 0 Å². The monoisotopic (exact) mass is 523 g/mol. The molecule has 0 saturated carbocycles. The third-order valence-corrected chi connectivity index (χ3v) is 3.95. The Kier molecular flexibility index (Phi) is 6.78. The molecule has 0 radical (unpaired) electrons. The number of amides is 1. The number of halogens is 16. The minimum Gasteiger partial charge on any atom is -0.321 e. The molecule has 1 N–H and O–H groups in total. The number of hydrogen-bond acceptors (Lipinski definition) is 1. The van der Waals surface area contributed by atoms with E-state index >= 15 is 0 Å². The van der Waals surface area contributed by atoms with Gasteiger partial charge in [0.15, 0.2) is 0 Å². The Hall–Kier alpha value is -2.07. The molecule has 18 heteroatoms. The molecule has 0 aliphatic heterocycles. The molecule has 0 bridgehead atoms. The predicted octanol–water partition coefficient (Wildman–Crippen LogP) is 6.41. The van der Waals surface area contributed by atoms with Gasteiger partial charge in [-0.15, -0.1) is 0 Å². The molecular weight excluding hydrogens is 519 g/mol. The Morgan fingerprint density at radius 3 is 1.34 bits per heavy atom. The molecule has 0 aliphatic carbocycles. The summed E-state index contributed by atoms with van der Waals surface area (Å²) >= 11 is 3.45. The van der Waals surface area contributed by atoms with Crippen molar-refractivity contribution in [1.29, 1.82) is 0 Å². The average molecular weight is 524 g/mol. The molecule has 0 spiro atoms. The van der Waals surface area contributed by atoms with Crippen LogP contribution < -0.4 is 5.32 Å². The van der Waals surface area contributed by atoms with Crippen LogP contribution in [0.1, 0.15) is 0 Å². The molecular formula is C14H5ClF15NO. The quantitative estimate of drug-likeness (QED) is 0.310. The van der Waals surface area contributed by atoms with Gasteiger partial charge in [0.05, 0.1) is 0 Å². The minimum absolute atomic E-state index is 0.380. The van der Waals surface area contributed by atoms with Crippen molar-refractivity contribution in [2.45, 2.75) is 40.9 Å². The first kappa shape index (κ1) is 28.0. The Morgan fingerprint density at radius 1 is 0.625 bits per heavy atom. The molecule has 0 fully saturated rings. The second-order valence-electron chi connectivity index (χ2n) is 5.91. The van der Waals surface area contributed by atoms with Crippen molar-refractivity contribution in [2.75, 3.05) is 5.32 Å². The number of carbonyl (C=O) groups is 1. The van der Waals surface area contributed by atoms with E-state index in [0.717, 1.165) is 5.32 Å². The molecule has 0 atom stereocenters. The highest BCUT2D eigenvalue weighted by atomic mass is 35.5. The standard InChI is InChI=1S/C14H5ClF15NO/c15-14(29,30)13(27,28)12(25,26)11(23,24)10(21,22)9(19,20)8(17,18)7(32)31-6-3-1-5(16)2-4-6/h1-4H,(H,31,32). The zero-order valence-electron chi connectivity index (χ0n) is 14.3. The summed E-state index contributed by atoms with van der Waals surface area (Å²) in [5.41, 5.74) is -1.01. The van der Waals surface area contributed by atoms with Crippen LogP contribution in [0.3, 0.4) is 0 Å². The van der Waals surface area contributed by atoms with Crippen molar-refractivity contribution < 1.29 is 70.7 Å². The van der Waals surface area contributed by atoms with Crippen LogP contribution >= 0.6 is 11.6 Å². The van der Waals surface area contributed by atoms with E-state index < -0.39 is 58.3 Å². The molecule has 0 aliphatic rings. The van der Waals surface area contributed by atoms with Crippen molar-refractivity contribution in [3.05, 3.63) is 30.1 Å². The maximum Gasteiger partial charge on any atom is 0.393 e. The summed E-state index contributed by atoms with van der Waals surface area (Å²) in [7, 11) is 0. The van der Waals surface area contributed by atoms with Gasteiger partial charge in [0, 0.05) is 5.69 Å². The van der Waals surface area contributed by atoms with Gasteiger partial charge in [-0.25, -0.2) is 4.39 Å². The molecule has 1 aromatic carbocycles. The topological polar surface area (TPSA) is 29.1 Å². The van der Waals surface area contributed by atoms with Crippen molar-refractivity contribution in [1.82, 2.24) is 0 Å². The Balaban J connectivity index is 3.47. The summed E-state index contributed by atoms with van der Waals surface area (Å²) in [5.74, 6) is -52.0. The third kappa shape index (κ3) is 3.91. The number of nitrogens with one attached hydrogen (secondary N) is 1. The number of anilines is 1. The summed E-state index contributed by atoms with van der Waals surface area (Å²) in [6.45, 7) is 0. The van der Waals surface area contributed by atoms with Gasteiger partial charge < -0.3 is 5.32 Å². The predicted molar refractivity (Wildman–Crippen MR) is 75.5 cm³/mol. The van der Waals surface area contributed by atoms with E-state index in [-0.39, 0.29) is 0 Å². The molecule has 0 saturated heterocycles. The second-order valence-corrected chi connectivity index (χ2v) is 6.38. The van der Waals surface area contributed by atoms with Crippen LogP contribution in [-0.4, -0.2) is 46.8 Å². The summed E-state index contributed by atoms with van der Waals surface area (Å²) in [6, 6.07) is 1.57. The van der Waals surface area contributed by atoms with Gasteiger partial charge >= 0.3 is 46.8 Å². The second kappa shape index (κ2) is 7.76. The largest absolute Gasteiger partial charge is 0.393 e. The van der Waals surface area contributed by atoms with E-state index in [1.165, 1.54) is 0 Å². The maximum atomic E-state index is 13.6. The van der Waals surface area contributed by atoms with Gasteiger partial charge in [-0.1, -0.05) is 0 Å². The zero-order valence-corrected chi connectivity index (χ0v) is 15.0. The lowest BCUT2D eigenvalue weighted by Crippen LogP contribution is -2.73. The lowest BCUT2D eigenvalue weighted by Gasteiger charge is -2.41. The summed E-state index contributed by atoms with van der Waals surface area (Å²) in [6.07, 6.45) is 0. The van der Waals surface area contributed by atoms with E-state index in [2.05, 4.69) is 11.6 Å². The van der Waals surface area contributed by atoms with Crippen LogP contribution in [0.4, 0.5) is 71.5 Å². The van der Waals surface area contributed by atoms with Crippen molar-refractivity contribution in [3.63, 3.8) is 0 Å². The van der Waals surface area contributed by atoms with Crippen LogP contribution in [0.25, 0.3) is 0 Å². The van der Waals surface area contributed by atoms with Crippen molar-refractivity contribution in [3.8, 4) is 0 Å². The van der Waals surface area contributed by atoms with Crippen LogP contribution in [0.15, 0.2) is 24.3 Å². The highest BCUT2D eigenvalue weighted by Gasteiger charge is 2.93. The highest BCUT2D eigenvalue weighted by molar-refractivity contribution is 6.22. The fourth-order valence-corrected chi connectivity index (χ4v) is 1.97. The molecule has 2 nitrogen and oxygen atoms in total. The first-order valence-electron chi connectivity index (χ1n) is 7.30. The average Bonchev–Trinajstić information content (AvgIpc) is 2.61. The van der Waals surface area contributed by atoms with E-state index in [4.69, 9.17) is 0 Å². The van der Waals surface area contributed by atoms with Crippen LogP contribution in [0, 0.1) is 5.82 Å². The molecule has 184 valence electrons. The van der Waals surface area contributed by atoms with Crippen LogP contribution in [0.5, 0.6) is 0 Å². The molecule has 32 heavy (non-hydrogen) atoms. The number of rotatable bonds is 8. The van der Waals surface area contributed by atoms with Crippen molar-refractivity contribution in [2.24, 2.45) is 0 Å². The molecule has 0 aromatic heterocycles. The van der Waals surface area contributed by atoms with Crippen LogP contribution in [-0.2, 0) is 4.79 Å². The lowest BCUT2D eigenvalue weighted by molar-refractivity contribution is -0.431. The van der Waals surface area contributed by atoms with E-state index in [9.17, 15) is 70.7 Å². The van der Waals surface area contributed by atoms with E-state index in [1.54, 1.807) is 0 Å². The Bertz CT molecular complexity index is 847. The molecule has 0 unspecified atom stereocenters. The summed E-state index contributed by atoms with van der Waals surface area (Å²) in [4.78, 5) is 11.3. The molecule has 1 amide bonds. The Labute approximate surface area is 171 Å². The SMILES string of the molecule is O=C(Nc1ccc(F)cc1)C(F)(F)C(F)(F)C(F)(F)C(F)(F)C(F)(F)C(F)(F)C(F)(F)Cl. The summed E-state index contributed by atoms with van der Waals surface area (Å²) in [5, 5.41) is -6.00. The van der Waals surface area contributed by atoms with Crippen molar-refractivity contribution >= 4 is 23.2 Å². The Morgan fingerprint density at radius 2 is 0.969 bits per heavy atom. The van der Waals surface area contributed by atoms with Gasteiger partial charge in [0.25, 0.3) is 0 Å². The molecule has 0 heterocycles. The van der Waals surface area contributed by atoms with Gasteiger partial charge in [-0.05, 0) is 35.9 Å². The first-order chi connectivity index (χ1) is 13.9. The third-order valence-electron chi connectivity index (χ3n) is 3.71. The summed E-state index contributed by atoms with van der Waals surface area (Å²) < 4.78 is 198. The van der Waals surface area contributed by atoms with Gasteiger partial charge in [-0.2, -0.15) is 61.5 Å². The van der Waals surface area contributed by atoms with Gasteiger partial charge in [-0.3, -0.25) is 4.79 Å². The van der Waals surface area contributed by atoms with E-state index in [0.29, 0.717) is 24.3 Å².